The molecule has 1 fully saturated rings. The second-order valence-corrected chi connectivity index (χ2v) is 3.89. The fourth-order valence-electron chi connectivity index (χ4n) is 1.12. The van der Waals surface area contributed by atoms with E-state index in [1.807, 2.05) is 16.7 Å². The fourth-order valence-corrected chi connectivity index (χ4v) is 2.05. The Morgan fingerprint density at radius 3 is 2.55 bits per heavy atom. The molecule has 1 aliphatic heterocycles. The van der Waals surface area contributed by atoms with Crippen LogP contribution in [0.15, 0.2) is 0 Å². The van der Waals surface area contributed by atoms with Gasteiger partial charge in [0.2, 0.25) is 0 Å². The highest BCUT2D eigenvalue weighted by molar-refractivity contribution is 7.99. The van der Waals surface area contributed by atoms with Crippen molar-refractivity contribution >= 4 is 17.7 Å². The summed E-state index contributed by atoms with van der Waals surface area (Å²) in [5, 5.41) is 8.69. The summed E-state index contributed by atoms with van der Waals surface area (Å²) in [7, 11) is 0. The summed E-state index contributed by atoms with van der Waals surface area (Å²) >= 11 is 1.89. The van der Waals surface area contributed by atoms with E-state index in [0.717, 1.165) is 24.6 Å². The second-order valence-electron chi connectivity index (χ2n) is 2.66. The Labute approximate surface area is 70.8 Å². The molecule has 1 heterocycles. The van der Waals surface area contributed by atoms with Crippen LogP contribution in [0.4, 0.5) is 0 Å². The summed E-state index contributed by atoms with van der Waals surface area (Å²) < 4.78 is 0. The van der Waals surface area contributed by atoms with Crippen molar-refractivity contribution in [2.75, 3.05) is 24.6 Å². The van der Waals surface area contributed by atoms with Crippen molar-refractivity contribution in [3.05, 3.63) is 0 Å². The predicted octanol–water partition coefficient (Wildman–Crippen LogP) is 0.508. The van der Waals surface area contributed by atoms with Crippen molar-refractivity contribution in [1.29, 1.82) is 0 Å². The van der Waals surface area contributed by atoms with Crippen LogP contribution in [0.1, 0.15) is 6.92 Å². The lowest BCUT2D eigenvalue weighted by Crippen LogP contribution is -2.43. The molecule has 3 nitrogen and oxygen atoms in total. The maximum atomic E-state index is 10.6. The first-order chi connectivity index (χ1) is 5.22. The first-order valence-corrected chi connectivity index (χ1v) is 4.92. The smallest absolute Gasteiger partial charge is 0.320 e. The molecule has 0 aromatic carbocycles. The van der Waals surface area contributed by atoms with Gasteiger partial charge in [-0.15, -0.1) is 0 Å². The lowest BCUT2D eigenvalue weighted by molar-refractivity contribution is -0.142. The van der Waals surface area contributed by atoms with Crippen LogP contribution in [0.25, 0.3) is 0 Å². The molecule has 1 saturated heterocycles. The van der Waals surface area contributed by atoms with Crippen molar-refractivity contribution in [3.63, 3.8) is 0 Å². The number of carboxylic acid groups (broad SMARTS) is 1. The van der Waals surface area contributed by atoms with E-state index in [9.17, 15) is 4.79 Å². The van der Waals surface area contributed by atoms with E-state index in [2.05, 4.69) is 0 Å². The van der Waals surface area contributed by atoms with Crippen LogP contribution in [0, 0.1) is 0 Å². The van der Waals surface area contributed by atoms with Crippen molar-refractivity contribution in [2.24, 2.45) is 0 Å². The highest BCUT2D eigenvalue weighted by Crippen LogP contribution is 2.11. The van der Waals surface area contributed by atoms with Gasteiger partial charge < -0.3 is 5.11 Å². The third-order valence-electron chi connectivity index (χ3n) is 1.95. The van der Waals surface area contributed by atoms with E-state index < -0.39 is 5.97 Å². The molecule has 1 aliphatic rings. The standard InChI is InChI=1S/C7H13NO2S/c1-6(7(9)10)8-2-4-11-5-3-8/h6H,2-5H2,1H3,(H,9,10)/t6-/m0/s1. The average Bonchev–Trinajstić information content (AvgIpc) is 2.05. The summed E-state index contributed by atoms with van der Waals surface area (Å²) in [6.07, 6.45) is 0. The Morgan fingerprint density at radius 1 is 1.55 bits per heavy atom. The van der Waals surface area contributed by atoms with Gasteiger partial charge in [0.05, 0.1) is 0 Å². The van der Waals surface area contributed by atoms with Crippen molar-refractivity contribution in [2.45, 2.75) is 13.0 Å². The molecule has 0 amide bonds. The lowest BCUT2D eigenvalue weighted by Gasteiger charge is -2.29. The van der Waals surface area contributed by atoms with E-state index in [-0.39, 0.29) is 6.04 Å². The van der Waals surface area contributed by atoms with Gasteiger partial charge in [0, 0.05) is 24.6 Å². The van der Waals surface area contributed by atoms with Crippen molar-refractivity contribution < 1.29 is 9.90 Å². The van der Waals surface area contributed by atoms with Gasteiger partial charge >= 0.3 is 5.97 Å². The van der Waals surface area contributed by atoms with E-state index in [0.29, 0.717) is 0 Å². The van der Waals surface area contributed by atoms with Gasteiger partial charge in [0.25, 0.3) is 0 Å². The number of aliphatic carboxylic acids is 1. The number of nitrogens with zero attached hydrogens (tertiary/aromatic N) is 1. The third-order valence-corrected chi connectivity index (χ3v) is 2.89. The number of carbonyl (C=O) groups is 1. The zero-order valence-corrected chi connectivity index (χ0v) is 7.43. The maximum Gasteiger partial charge on any atom is 0.320 e. The number of thioether (sulfide) groups is 1. The first kappa shape index (κ1) is 8.87. The molecule has 1 atom stereocenters. The van der Waals surface area contributed by atoms with Crippen LogP contribution in [0.5, 0.6) is 0 Å². The topological polar surface area (TPSA) is 40.5 Å². The molecule has 0 aliphatic carbocycles. The molecule has 1 rings (SSSR count). The Bertz CT molecular complexity index is 145. The van der Waals surface area contributed by atoms with Gasteiger partial charge in [-0.2, -0.15) is 11.8 Å². The second kappa shape index (κ2) is 3.97. The minimum atomic E-state index is -0.711. The molecule has 0 saturated carbocycles. The summed E-state index contributed by atoms with van der Waals surface area (Å²) in [6, 6.07) is -0.309. The van der Waals surface area contributed by atoms with Crippen molar-refractivity contribution in [1.82, 2.24) is 4.90 Å². The quantitative estimate of drug-likeness (QED) is 0.664. The Morgan fingerprint density at radius 2 is 2.09 bits per heavy atom. The first-order valence-electron chi connectivity index (χ1n) is 3.76. The molecular formula is C7H13NO2S. The highest BCUT2D eigenvalue weighted by Gasteiger charge is 2.21. The van der Waals surface area contributed by atoms with Gasteiger partial charge in [-0.3, -0.25) is 9.69 Å². The summed E-state index contributed by atoms with van der Waals surface area (Å²) in [4.78, 5) is 12.6. The largest absolute Gasteiger partial charge is 0.480 e. The van der Waals surface area contributed by atoms with E-state index in [1.165, 1.54) is 0 Å². The Hall–Kier alpha value is -0.220. The van der Waals surface area contributed by atoms with Gasteiger partial charge in [0.15, 0.2) is 0 Å². The number of rotatable bonds is 2. The molecule has 0 aromatic rings. The van der Waals surface area contributed by atoms with E-state index in [4.69, 9.17) is 5.11 Å². The van der Waals surface area contributed by atoms with Crippen LogP contribution in [0.2, 0.25) is 0 Å². The number of hydrogen-bond donors (Lipinski definition) is 1. The SMILES string of the molecule is C[C@@H](C(=O)O)N1CCSCC1. The number of carboxylic acids is 1. The highest BCUT2D eigenvalue weighted by atomic mass is 32.2. The van der Waals surface area contributed by atoms with Crippen LogP contribution < -0.4 is 0 Å². The van der Waals surface area contributed by atoms with Gasteiger partial charge in [-0.05, 0) is 6.92 Å². The predicted molar refractivity (Wildman–Crippen MR) is 46.0 cm³/mol. The van der Waals surface area contributed by atoms with Gasteiger partial charge in [0.1, 0.15) is 6.04 Å². The molecule has 64 valence electrons. The molecular weight excluding hydrogens is 162 g/mol. The van der Waals surface area contributed by atoms with Crippen LogP contribution >= 0.6 is 11.8 Å². The normalized spacial score (nSPS) is 23.0. The maximum absolute atomic E-state index is 10.6. The lowest BCUT2D eigenvalue weighted by atomic mass is 10.3. The Balaban J connectivity index is 2.38. The summed E-state index contributed by atoms with van der Waals surface area (Å²) in [6.45, 7) is 3.58. The molecule has 0 radical (unpaired) electrons. The monoisotopic (exact) mass is 175 g/mol. The minimum absolute atomic E-state index is 0.309. The van der Waals surface area contributed by atoms with E-state index >= 15 is 0 Å². The van der Waals surface area contributed by atoms with Crippen LogP contribution in [0.3, 0.4) is 0 Å². The summed E-state index contributed by atoms with van der Waals surface area (Å²) in [5.41, 5.74) is 0. The van der Waals surface area contributed by atoms with Crippen LogP contribution in [-0.2, 0) is 4.79 Å². The zero-order valence-electron chi connectivity index (χ0n) is 6.62. The molecule has 1 N–H and O–H groups in total. The minimum Gasteiger partial charge on any atom is -0.480 e. The fraction of sp³-hybridized carbons (Fsp3) is 0.857. The molecule has 0 spiro atoms. The summed E-state index contributed by atoms with van der Waals surface area (Å²) in [5.74, 6) is 1.42. The van der Waals surface area contributed by atoms with Gasteiger partial charge in [-0.25, -0.2) is 0 Å². The molecule has 0 aromatic heterocycles. The van der Waals surface area contributed by atoms with Crippen LogP contribution in [-0.4, -0.2) is 46.6 Å². The van der Waals surface area contributed by atoms with Crippen molar-refractivity contribution in [3.8, 4) is 0 Å². The van der Waals surface area contributed by atoms with E-state index in [1.54, 1.807) is 6.92 Å². The zero-order chi connectivity index (χ0) is 8.27. The molecule has 0 unspecified atom stereocenters. The molecule has 11 heavy (non-hydrogen) atoms. The molecule has 4 heteroatoms. The number of hydrogen-bond acceptors (Lipinski definition) is 3. The Kier molecular flexibility index (Phi) is 3.20. The van der Waals surface area contributed by atoms with Gasteiger partial charge in [-0.1, -0.05) is 0 Å². The molecule has 0 bridgehead atoms. The third kappa shape index (κ3) is 2.38. The average molecular weight is 175 g/mol.